The Balaban J connectivity index is 1.64. The van der Waals surface area contributed by atoms with Crippen molar-refractivity contribution >= 4 is 28.4 Å². The van der Waals surface area contributed by atoms with Gasteiger partial charge in [-0.15, -0.1) is 10.2 Å². The number of rotatable bonds is 11. The summed E-state index contributed by atoms with van der Waals surface area (Å²) < 4.78 is 13.2. The third-order valence-electron chi connectivity index (χ3n) is 6.95. The van der Waals surface area contributed by atoms with Gasteiger partial charge in [-0.05, 0) is 82.2 Å². The van der Waals surface area contributed by atoms with E-state index in [4.69, 9.17) is 0 Å². The average Bonchev–Trinajstić information content (AvgIpc) is 3.25. The standard InChI is InChI=1S/C28H43FN6O2S/c1-6-15-35(16-7-8-20-9-11-22(29)12-10-20)18-21-17-23(30-25(36)28(3,4)5)13-14-24(21)31-26(37)32-27-34-33-19(2)38-27/h9-12,21,23-24H,6-8,13-18H2,1-5H3,(H,30,36)(H2,31,32,34,37)/t21-,23+,24+/m0/s1. The molecule has 1 saturated carbocycles. The summed E-state index contributed by atoms with van der Waals surface area (Å²) in [6.07, 6.45) is 5.31. The quantitative estimate of drug-likeness (QED) is 0.362. The summed E-state index contributed by atoms with van der Waals surface area (Å²) in [7, 11) is 0. The largest absolute Gasteiger partial charge is 0.353 e. The first-order valence-electron chi connectivity index (χ1n) is 13.7. The van der Waals surface area contributed by atoms with Crippen LogP contribution in [0.3, 0.4) is 0 Å². The van der Waals surface area contributed by atoms with Gasteiger partial charge in [0.05, 0.1) is 0 Å². The molecular weight excluding hydrogens is 503 g/mol. The molecule has 1 aromatic carbocycles. The molecule has 8 nitrogen and oxygen atoms in total. The smallest absolute Gasteiger partial charge is 0.321 e. The summed E-state index contributed by atoms with van der Waals surface area (Å²) in [5.74, 6) is 0.0330. The third kappa shape index (κ3) is 9.62. The maximum atomic E-state index is 13.2. The van der Waals surface area contributed by atoms with E-state index >= 15 is 0 Å². The molecule has 3 atom stereocenters. The highest BCUT2D eigenvalue weighted by molar-refractivity contribution is 7.15. The minimum Gasteiger partial charge on any atom is -0.353 e. The Kier molecular flexibility index (Phi) is 11.0. The number of anilines is 1. The van der Waals surface area contributed by atoms with Crippen molar-refractivity contribution in [3.63, 3.8) is 0 Å². The fraction of sp³-hybridized carbons (Fsp3) is 0.643. The predicted molar refractivity (Wildman–Crippen MR) is 151 cm³/mol. The summed E-state index contributed by atoms with van der Waals surface area (Å²) in [5.41, 5.74) is 0.687. The van der Waals surface area contributed by atoms with E-state index in [0.717, 1.165) is 68.7 Å². The summed E-state index contributed by atoms with van der Waals surface area (Å²) in [4.78, 5) is 27.9. The van der Waals surface area contributed by atoms with Crippen LogP contribution in [0.5, 0.6) is 0 Å². The molecule has 1 heterocycles. The molecule has 0 unspecified atom stereocenters. The van der Waals surface area contributed by atoms with Gasteiger partial charge in [0.25, 0.3) is 0 Å². The van der Waals surface area contributed by atoms with Crippen LogP contribution in [-0.4, -0.2) is 58.8 Å². The Labute approximate surface area is 230 Å². The van der Waals surface area contributed by atoms with Crippen molar-refractivity contribution in [2.45, 2.75) is 85.2 Å². The molecule has 1 aromatic heterocycles. The molecule has 0 radical (unpaired) electrons. The van der Waals surface area contributed by atoms with E-state index in [1.807, 2.05) is 39.8 Å². The number of aromatic nitrogens is 2. The number of nitrogens with zero attached hydrogens (tertiary/aromatic N) is 3. The number of nitrogens with one attached hydrogen (secondary N) is 3. The molecule has 3 N–H and O–H groups in total. The number of benzene rings is 1. The van der Waals surface area contributed by atoms with Gasteiger partial charge < -0.3 is 15.5 Å². The highest BCUT2D eigenvalue weighted by Gasteiger charge is 2.35. The van der Waals surface area contributed by atoms with E-state index in [-0.39, 0.29) is 35.8 Å². The normalized spacial score (nSPS) is 19.8. The van der Waals surface area contributed by atoms with Gasteiger partial charge in [-0.2, -0.15) is 0 Å². The Morgan fingerprint density at radius 2 is 1.84 bits per heavy atom. The van der Waals surface area contributed by atoms with Crippen LogP contribution < -0.4 is 16.0 Å². The van der Waals surface area contributed by atoms with Gasteiger partial charge in [-0.1, -0.05) is 51.2 Å². The molecule has 1 aliphatic rings. The predicted octanol–water partition coefficient (Wildman–Crippen LogP) is 5.15. The maximum Gasteiger partial charge on any atom is 0.321 e. The van der Waals surface area contributed by atoms with Crippen LogP contribution in [-0.2, 0) is 11.2 Å². The second-order valence-electron chi connectivity index (χ2n) is 11.4. The molecule has 3 rings (SSSR count). The van der Waals surface area contributed by atoms with E-state index in [0.29, 0.717) is 5.13 Å². The molecular formula is C28H43FN6O2S. The molecule has 1 fully saturated rings. The molecule has 0 saturated heterocycles. The van der Waals surface area contributed by atoms with E-state index in [9.17, 15) is 14.0 Å². The first-order chi connectivity index (χ1) is 18.0. The number of hydrogen-bond donors (Lipinski definition) is 3. The van der Waals surface area contributed by atoms with E-state index in [2.05, 4.69) is 38.0 Å². The monoisotopic (exact) mass is 546 g/mol. The Bertz CT molecular complexity index is 1040. The van der Waals surface area contributed by atoms with Crippen molar-refractivity contribution in [1.82, 2.24) is 25.7 Å². The number of carbonyl (C=O) groups excluding carboxylic acids is 2. The highest BCUT2D eigenvalue weighted by atomic mass is 32.1. The lowest BCUT2D eigenvalue weighted by Gasteiger charge is -2.40. The average molecular weight is 547 g/mol. The van der Waals surface area contributed by atoms with Crippen molar-refractivity contribution in [2.24, 2.45) is 11.3 Å². The van der Waals surface area contributed by atoms with Crippen LogP contribution in [0.25, 0.3) is 0 Å². The topological polar surface area (TPSA) is 99.2 Å². The Morgan fingerprint density at radius 1 is 1.11 bits per heavy atom. The molecule has 1 aliphatic carbocycles. The summed E-state index contributed by atoms with van der Waals surface area (Å²) in [5, 5.41) is 18.5. The molecule has 3 amide bonds. The fourth-order valence-corrected chi connectivity index (χ4v) is 5.52. The lowest BCUT2D eigenvalue weighted by atomic mass is 9.80. The van der Waals surface area contributed by atoms with Gasteiger partial charge >= 0.3 is 6.03 Å². The number of amides is 3. The van der Waals surface area contributed by atoms with Crippen molar-refractivity contribution in [3.8, 4) is 0 Å². The molecule has 38 heavy (non-hydrogen) atoms. The molecule has 210 valence electrons. The van der Waals surface area contributed by atoms with Crippen LogP contribution in [0.15, 0.2) is 24.3 Å². The fourth-order valence-electron chi connectivity index (χ4n) is 4.94. The number of halogens is 1. The molecule has 0 bridgehead atoms. The second kappa shape index (κ2) is 14.0. The van der Waals surface area contributed by atoms with Crippen molar-refractivity contribution in [2.75, 3.05) is 25.0 Å². The van der Waals surface area contributed by atoms with Crippen molar-refractivity contribution < 1.29 is 14.0 Å². The second-order valence-corrected chi connectivity index (χ2v) is 12.5. The summed E-state index contributed by atoms with van der Waals surface area (Å²) in [6, 6.07) is 6.52. The van der Waals surface area contributed by atoms with E-state index < -0.39 is 5.41 Å². The Hall–Kier alpha value is -2.59. The minimum atomic E-state index is -0.445. The maximum absolute atomic E-state index is 13.2. The zero-order valence-corrected chi connectivity index (χ0v) is 24.2. The van der Waals surface area contributed by atoms with Crippen LogP contribution in [0.4, 0.5) is 14.3 Å². The number of aryl methyl sites for hydroxylation is 2. The van der Waals surface area contributed by atoms with E-state index in [1.54, 1.807) is 0 Å². The number of carbonyl (C=O) groups is 2. The highest BCUT2D eigenvalue weighted by Crippen LogP contribution is 2.28. The van der Waals surface area contributed by atoms with Crippen LogP contribution in [0.1, 0.15) is 70.4 Å². The summed E-state index contributed by atoms with van der Waals surface area (Å²) >= 11 is 1.34. The third-order valence-corrected chi connectivity index (χ3v) is 7.70. The minimum absolute atomic E-state index is 0.0109. The lowest BCUT2D eigenvalue weighted by Crippen LogP contribution is -2.53. The van der Waals surface area contributed by atoms with Gasteiger partial charge in [0, 0.05) is 24.0 Å². The number of hydrogen-bond acceptors (Lipinski definition) is 6. The summed E-state index contributed by atoms with van der Waals surface area (Å²) in [6.45, 7) is 12.5. The van der Waals surface area contributed by atoms with Crippen LogP contribution in [0.2, 0.25) is 0 Å². The van der Waals surface area contributed by atoms with Crippen molar-refractivity contribution in [1.29, 1.82) is 0 Å². The molecule has 2 aromatic rings. The van der Waals surface area contributed by atoms with Gasteiger partial charge in [0.2, 0.25) is 11.0 Å². The van der Waals surface area contributed by atoms with Gasteiger partial charge in [-0.25, -0.2) is 9.18 Å². The first kappa shape index (κ1) is 30.0. The lowest BCUT2D eigenvalue weighted by molar-refractivity contribution is -0.129. The van der Waals surface area contributed by atoms with Gasteiger partial charge in [0.1, 0.15) is 10.8 Å². The zero-order chi connectivity index (χ0) is 27.7. The number of urea groups is 1. The van der Waals surface area contributed by atoms with Gasteiger partial charge in [-0.3, -0.25) is 10.1 Å². The SMILES string of the molecule is CCCN(CCCc1ccc(F)cc1)C[C@@H]1C[C@H](NC(=O)C(C)(C)C)CC[C@H]1NC(=O)Nc1nnc(C)s1. The zero-order valence-electron chi connectivity index (χ0n) is 23.3. The molecule has 0 aliphatic heterocycles. The van der Waals surface area contributed by atoms with Gasteiger partial charge in [0.15, 0.2) is 0 Å². The van der Waals surface area contributed by atoms with Crippen molar-refractivity contribution in [3.05, 3.63) is 40.7 Å². The Morgan fingerprint density at radius 3 is 2.47 bits per heavy atom. The van der Waals surface area contributed by atoms with E-state index in [1.165, 1.54) is 23.5 Å². The van der Waals surface area contributed by atoms with Crippen LogP contribution in [0, 0.1) is 24.1 Å². The molecule has 10 heteroatoms. The first-order valence-corrected chi connectivity index (χ1v) is 14.5. The van der Waals surface area contributed by atoms with Crippen LogP contribution >= 0.6 is 11.3 Å². The molecule has 0 spiro atoms.